The van der Waals surface area contributed by atoms with Gasteiger partial charge in [-0.15, -0.1) is 5.06 Å². The van der Waals surface area contributed by atoms with Crippen molar-refractivity contribution in [1.82, 2.24) is 5.06 Å². The number of rotatable bonds is 4. The van der Waals surface area contributed by atoms with Gasteiger partial charge in [0, 0.05) is 16.4 Å². The van der Waals surface area contributed by atoms with Crippen LogP contribution < -0.4 is 4.74 Å². The molecule has 0 radical (unpaired) electrons. The number of nitrogens with zero attached hydrogens (tertiary/aromatic N) is 1. The van der Waals surface area contributed by atoms with Gasteiger partial charge in [0.05, 0.1) is 18.3 Å². The minimum Gasteiger partial charge on any atom is -0.421 e. The van der Waals surface area contributed by atoms with Crippen molar-refractivity contribution < 1.29 is 28.8 Å². The summed E-state index contributed by atoms with van der Waals surface area (Å²) in [7, 11) is 0. The van der Waals surface area contributed by atoms with E-state index in [1.54, 1.807) is 30.3 Å². The molecule has 0 saturated carbocycles. The predicted octanol–water partition coefficient (Wildman–Crippen LogP) is 5.09. The Hall–Kier alpha value is -1.81. The second-order valence-corrected chi connectivity index (χ2v) is 10.3. The molecule has 2 amide bonds. The van der Waals surface area contributed by atoms with Crippen LogP contribution in [0.2, 0.25) is 0 Å². The standard InChI is InChI=1S/C22H12I3NO6/c23-11-9-16(24)20(17(25)10-11)31-21(29)14-5-1-4-13-12(14)3-2-6-15(13)22(30)32-26-18(27)7-8-19(26)28/h1-6,9-10H,7-8H2. The highest BCUT2D eigenvalue weighted by atomic mass is 127. The van der Waals surface area contributed by atoms with Crippen LogP contribution in [0.25, 0.3) is 10.8 Å². The summed E-state index contributed by atoms with van der Waals surface area (Å²) in [6.45, 7) is 0. The molecular weight excluding hydrogens is 755 g/mol. The molecule has 32 heavy (non-hydrogen) atoms. The van der Waals surface area contributed by atoms with Crippen molar-refractivity contribution in [3.05, 3.63) is 70.4 Å². The Balaban J connectivity index is 1.68. The molecule has 1 heterocycles. The van der Waals surface area contributed by atoms with E-state index in [4.69, 9.17) is 9.57 Å². The van der Waals surface area contributed by atoms with E-state index in [-0.39, 0.29) is 24.0 Å². The molecule has 162 valence electrons. The Morgan fingerprint density at radius 1 is 0.781 bits per heavy atom. The first-order chi connectivity index (χ1) is 15.3. The first-order valence-electron chi connectivity index (χ1n) is 9.23. The summed E-state index contributed by atoms with van der Waals surface area (Å²) >= 11 is 6.43. The number of hydrogen-bond acceptors (Lipinski definition) is 6. The summed E-state index contributed by atoms with van der Waals surface area (Å²) in [5.74, 6) is -2.08. The smallest absolute Gasteiger partial charge is 0.364 e. The largest absolute Gasteiger partial charge is 0.421 e. The molecule has 4 rings (SSSR count). The van der Waals surface area contributed by atoms with E-state index in [2.05, 4.69) is 67.8 Å². The third-order valence-electron chi connectivity index (χ3n) is 4.70. The maximum Gasteiger partial charge on any atom is 0.364 e. The van der Waals surface area contributed by atoms with E-state index in [0.717, 1.165) is 10.7 Å². The molecule has 0 aliphatic carbocycles. The number of amides is 2. The summed E-state index contributed by atoms with van der Waals surface area (Å²) in [4.78, 5) is 54.3. The summed E-state index contributed by atoms with van der Waals surface area (Å²) in [6.07, 6.45) is 0.0154. The van der Waals surface area contributed by atoms with Gasteiger partial charge < -0.3 is 9.57 Å². The van der Waals surface area contributed by atoms with Gasteiger partial charge in [-0.2, -0.15) is 0 Å². The number of halogens is 3. The first kappa shape index (κ1) is 23.4. The van der Waals surface area contributed by atoms with Crippen molar-refractivity contribution in [2.75, 3.05) is 0 Å². The Bertz CT molecular complexity index is 1270. The first-order valence-corrected chi connectivity index (χ1v) is 12.5. The van der Waals surface area contributed by atoms with Gasteiger partial charge in [-0.25, -0.2) is 9.59 Å². The number of benzene rings is 3. The molecule has 1 fully saturated rings. The molecule has 1 aliphatic heterocycles. The number of hydroxylamine groups is 2. The average Bonchev–Trinajstić information content (AvgIpc) is 3.07. The molecule has 3 aromatic carbocycles. The van der Waals surface area contributed by atoms with Gasteiger partial charge in [-0.3, -0.25) is 9.59 Å². The zero-order valence-electron chi connectivity index (χ0n) is 16.1. The second kappa shape index (κ2) is 9.59. The van der Waals surface area contributed by atoms with Crippen molar-refractivity contribution in [2.24, 2.45) is 0 Å². The molecule has 1 saturated heterocycles. The van der Waals surface area contributed by atoms with Crippen LogP contribution in [0.1, 0.15) is 33.6 Å². The maximum atomic E-state index is 13.0. The van der Waals surface area contributed by atoms with E-state index >= 15 is 0 Å². The summed E-state index contributed by atoms with van der Waals surface area (Å²) in [5, 5.41) is 1.43. The molecule has 0 atom stereocenters. The molecule has 0 N–H and O–H groups in total. The lowest BCUT2D eigenvalue weighted by atomic mass is 10.00. The second-order valence-electron chi connectivity index (χ2n) is 6.75. The normalized spacial score (nSPS) is 13.5. The number of carbonyl (C=O) groups excluding carboxylic acids is 4. The van der Waals surface area contributed by atoms with Crippen LogP contribution in [0.5, 0.6) is 5.75 Å². The van der Waals surface area contributed by atoms with Crippen LogP contribution in [0.4, 0.5) is 0 Å². The molecule has 3 aromatic rings. The van der Waals surface area contributed by atoms with E-state index in [1.165, 1.54) is 6.07 Å². The van der Waals surface area contributed by atoms with E-state index in [0.29, 0.717) is 21.6 Å². The van der Waals surface area contributed by atoms with Crippen LogP contribution in [0.15, 0.2) is 48.5 Å². The molecule has 0 unspecified atom stereocenters. The zero-order chi connectivity index (χ0) is 23.0. The van der Waals surface area contributed by atoms with Crippen molar-refractivity contribution >= 4 is 102 Å². The third-order valence-corrected chi connectivity index (χ3v) is 6.93. The lowest BCUT2D eigenvalue weighted by molar-refractivity contribution is -0.172. The Morgan fingerprint density at radius 2 is 1.28 bits per heavy atom. The van der Waals surface area contributed by atoms with E-state index < -0.39 is 23.8 Å². The number of hydrogen-bond donors (Lipinski definition) is 0. The maximum absolute atomic E-state index is 13.0. The van der Waals surface area contributed by atoms with Crippen molar-refractivity contribution in [1.29, 1.82) is 0 Å². The lowest BCUT2D eigenvalue weighted by Gasteiger charge is -2.14. The molecule has 7 nitrogen and oxygen atoms in total. The fraction of sp³-hybridized carbons (Fsp3) is 0.0909. The number of fused-ring (bicyclic) bond motifs is 1. The average molecular weight is 767 g/mol. The van der Waals surface area contributed by atoms with Crippen LogP contribution in [-0.4, -0.2) is 28.8 Å². The molecule has 0 aromatic heterocycles. The molecule has 0 spiro atoms. The molecule has 0 bridgehead atoms. The van der Waals surface area contributed by atoms with Gasteiger partial charge in [-0.05, 0) is 103 Å². The van der Waals surface area contributed by atoms with Crippen LogP contribution in [-0.2, 0) is 14.4 Å². The molecule has 1 aliphatic rings. The Morgan fingerprint density at radius 3 is 1.81 bits per heavy atom. The van der Waals surface area contributed by atoms with Crippen LogP contribution >= 0.6 is 67.8 Å². The fourth-order valence-electron chi connectivity index (χ4n) is 3.23. The summed E-state index contributed by atoms with van der Waals surface area (Å²) in [6, 6.07) is 13.5. The topological polar surface area (TPSA) is 90.0 Å². The van der Waals surface area contributed by atoms with Crippen molar-refractivity contribution in [2.45, 2.75) is 12.8 Å². The van der Waals surface area contributed by atoms with Gasteiger partial charge in [0.1, 0.15) is 0 Å². The highest BCUT2D eigenvalue weighted by molar-refractivity contribution is 14.1. The van der Waals surface area contributed by atoms with Crippen LogP contribution in [0, 0.1) is 10.7 Å². The van der Waals surface area contributed by atoms with E-state index in [1.807, 2.05) is 12.1 Å². The van der Waals surface area contributed by atoms with Gasteiger partial charge in [0.25, 0.3) is 11.8 Å². The summed E-state index contributed by atoms with van der Waals surface area (Å²) in [5.41, 5.74) is 0.402. The van der Waals surface area contributed by atoms with Crippen LogP contribution in [0.3, 0.4) is 0 Å². The SMILES string of the molecule is O=C(Oc1c(I)cc(I)cc1I)c1cccc2c(C(=O)ON3C(=O)CCC3=O)cccc12. The monoisotopic (exact) mass is 767 g/mol. The minimum absolute atomic E-state index is 0.00772. The van der Waals surface area contributed by atoms with Gasteiger partial charge in [0.2, 0.25) is 0 Å². The number of carbonyl (C=O) groups is 4. The van der Waals surface area contributed by atoms with Gasteiger partial charge >= 0.3 is 11.9 Å². The zero-order valence-corrected chi connectivity index (χ0v) is 22.5. The Labute approximate surface area is 223 Å². The van der Waals surface area contributed by atoms with E-state index in [9.17, 15) is 19.2 Å². The van der Waals surface area contributed by atoms with Crippen molar-refractivity contribution in [3.8, 4) is 5.75 Å². The number of esters is 1. The lowest BCUT2D eigenvalue weighted by Crippen LogP contribution is -2.32. The molecule has 10 heteroatoms. The van der Waals surface area contributed by atoms with Crippen molar-refractivity contribution in [3.63, 3.8) is 0 Å². The predicted molar refractivity (Wildman–Crippen MR) is 140 cm³/mol. The molecular formula is C22H12I3NO6. The third kappa shape index (κ3) is 4.62. The minimum atomic E-state index is -0.855. The van der Waals surface area contributed by atoms with Gasteiger partial charge in [0.15, 0.2) is 5.75 Å². The number of imide groups is 1. The highest BCUT2D eigenvalue weighted by Crippen LogP contribution is 2.31. The van der Waals surface area contributed by atoms with Gasteiger partial charge in [-0.1, -0.05) is 24.3 Å². The highest BCUT2D eigenvalue weighted by Gasteiger charge is 2.33. The fourth-order valence-corrected chi connectivity index (χ4v) is 7.03. The number of ether oxygens (including phenoxy) is 1. The quantitative estimate of drug-likeness (QED) is 0.159. The Kier molecular flexibility index (Phi) is 7.00. The summed E-state index contributed by atoms with van der Waals surface area (Å²) < 4.78 is 8.32.